The molecule has 0 saturated heterocycles. The molecular weight excluding hydrogens is 540 g/mol. The van der Waals surface area contributed by atoms with Crippen molar-refractivity contribution in [1.29, 1.82) is 0 Å². The molecule has 0 aliphatic heterocycles. The molecule has 4 rings (SSSR count). The lowest BCUT2D eigenvalue weighted by Crippen LogP contribution is -2.44. The lowest BCUT2D eigenvalue weighted by atomic mass is 9.86. The van der Waals surface area contributed by atoms with E-state index in [4.69, 9.17) is 14.2 Å². The molecule has 0 spiro atoms. The zero-order valence-corrected chi connectivity index (χ0v) is 24.8. The first kappa shape index (κ1) is 29.6. The molecule has 0 bridgehead atoms. The summed E-state index contributed by atoms with van der Waals surface area (Å²) in [4.78, 5) is 0.128. The summed E-state index contributed by atoms with van der Waals surface area (Å²) in [6.45, 7) is 2.20. The second-order valence-corrected chi connectivity index (χ2v) is 14.1. The standard InChI is InChI=1S/C28H40N2O7S2/c1-20-9-5-8-12-25(20)30(19-21-17-26(35-2)28(37-4)27(18-21)36-3)39(33,34)24-15-13-23(14-16-24)38(31,32)29-22-10-6-7-11-22/h13-18,20,22,25,29H,5-12,19H2,1-4H3/t20-,25+/m1/s1. The van der Waals surface area contributed by atoms with Crippen LogP contribution in [0.1, 0.15) is 63.9 Å². The molecule has 0 radical (unpaired) electrons. The number of hydrogen-bond acceptors (Lipinski definition) is 7. The molecule has 0 heterocycles. The molecule has 2 aliphatic rings. The summed E-state index contributed by atoms with van der Waals surface area (Å²) in [7, 11) is -3.12. The van der Waals surface area contributed by atoms with E-state index in [1.165, 1.54) is 45.6 Å². The van der Waals surface area contributed by atoms with Gasteiger partial charge in [-0.1, -0.05) is 32.6 Å². The quantitative estimate of drug-likeness (QED) is 0.410. The van der Waals surface area contributed by atoms with Crippen LogP contribution in [0.3, 0.4) is 0 Å². The van der Waals surface area contributed by atoms with Crippen molar-refractivity contribution in [2.75, 3.05) is 21.3 Å². The first-order chi connectivity index (χ1) is 18.6. The SMILES string of the molecule is COc1cc(CN([C@H]2CCCC[C@H]2C)S(=O)(=O)c2ccc(S(=O)(=O)NC3CCCC3)cc2)cc(OC)c1OC. The molecule has 2 atom stereocenters. The van der Waals surface area contributed by atoms with Gasteiger partial charge in [0.25, 0.3) is 0 Å². The monoisotopic (exact) mass is 580 g/mol. The number of sulfonamides is 2. The van der Waals surface area contributed by atoms with E-state index in [9.17, 15) is 16.8 Å². The summed E-state index contributed by atoms with van der Waals surface area (Å²) in [5.74, 6) is 1.51. The molecule has 9 nitrogen and oxygen atoms in total. The van der Waals surface area contributed by atoms with E-state index in [0.717, 1.165) is 51.4 Å². The van der Waals surface area contributed by atoms with Crippen molar-refractivity contribution in [3.05, 3.63) is 42.0 Å². The van der Waals surface area contributed by atoms with E-state index >= 15 is 0 Å². The molecule has 11 heteroatoms. The van der Waals surface area contributed by atoms with Crippen molar-refractivity contribution < 1.29 is 31.0 Å². The van der Waals surface area contributed by atoms with Crippen molar-refractivity contribution in [2.45, 2.75) is 86.7 Å². The number of rotatable bonds is 11. The Hall–Kier alpha value is -2.34. The zero-order chi connectivity index (χ0) is 28.2. The van der Waals surface area contributed by atoms with Crippen LogP contribution in [0.15, 0.2) is 46.2 Å². The van der Waals surface area contributed by atoms with Gasteiger partial charge in [-0.05, 0) is 73.6 Å². The van der Waals surface area contributed by atoms with E-state index in [-0.39, 0.29) is 34.3 Å². The van der Waals surface area contributed by atoms with Gasteiger partial charge in [0.1, 0.15) is 0 Å². The summed E-state index contributed by atoms with van der Waals surface area (Å²) in [5, 5.41) is 0. The maximum absolute atomic E-state index is 14.1. The van der Waals surface area contributed by atoms with Crippen molar-refractivity contribution >= 4 is 20.0 Å². The van der Waals surface area contributed by atoms with Crippen molar-refractivity contribution in [1.82, 2.24) is 9.03 Å². The Kier molecular flexibility index (Phi) is 9.46. The Morgan fingerprint density at radius 1 is 0.795 bits per heavy atom. The first-order valence-electron chi connectivity index (χ1n) is 13.5. The molecule has 1 N–H and O–H groups in total. The average Bonchev–Trinajstić information content (AvgIpc) is 3.44. The highest BCUT2D eigenvalue weighted by Crippen LogP contribution is 2.40. The smallest absolute Gasteiger partial charge is 0.243 e. The van der Waals surface area contributed by atoms with E-state index in [0.29, 0.717) is 22.8 Å². The number of benzene rings is 2. The van der Waals surface area contributed by atoms with Crippen LogP contribution >= 0.6 is 0 Å². The minimum absolute atomic E-state index is 0.0625. The number of nitrogens with one attached hydrogen (secondary N) is 1. The summed E-state index contributed by atoms with van der Waals surface area (Å²) >= 11 is 0. The van der Waals surface area contributed by atoms with Crippen molar-refractivity contribution in [3.8, 4) is 17.2 Å². The maximum atomic E-state index is 14.1. The van der Waals surface area contributed by atoms with Gasteiger partial charge in [0.15, 0.2) is 11.5 Å². The predicted molar refractivity (Wildman–Crippen MR) is 149 cm³/mol. The van der Waals surface area contributed by atoms with E-state index in [2.05, 4.69) is 11.6 Å². The van der Waals surface area contributed by atoms with Gasteiger partial charge < -0.3 is 14.2 Å². The molecule has 2 saturated carbocycles. The minimum Gasteiger partial charge on any atom is -0.493 e. The van der Waals surface area contributed by atoms with Crippen molar-refractivity contribution in [2.24, 2.45) is 5.92 Å². The summed E-state index contributed by atoms with van der Waals surface area (Å²) < 4.78 is 74.7. The minimum atomic E-state index is -3.97. The van der Waals surface area contributed by atoms with Gasteiger partial charge in [-0.2, -0.15) is 4.31 Å². The highest BCUT2D eigenvalue weighted by Gasteiger charge is 2.36. The fourth-order valence-electron chi connectivity index (χ4n) is 5.77. The Balaban J connectivity index is 1.68. The molecule has 2 aromatic carbocycles. The Morgan fingerprint density at radius 2 is 1.33 bits per heavy atom. The first-order valence-corrected chi connectivity index (χ1v) is 16.5. The van der Waals surface area contributed by atoms with Crippen LogP contribution in [-0.2, 0) is 26.6 Å². The summed E-state index contributed by atoms with van der Waals surface area (Å²) in [6, 6.07) is 8.82. The topological polar surface area (TPSA) is 111 Å². The second-order valence-electron chi connectivity index (χ2n) is 10.5. The fourth-order valence-corrected chi connectivity index (χ4v) is 8.81. The van der Waals surface area contributed by atoms with Crippen LogP contribution in [0.25, 0.3) is 0 Å². The Morgan fingerprint density at radius 3 is 1.87 bits per heavy atom. The molecule has 0 amide bonds. The number of hydrogen-bond donors (Lipinski definition) is 1. The van der Waals surface area contributed by atoms with Crippen molar-refractivity contribution in [3.63, 3.8) is 0 Å². The molecule has 0 unspecified atom stereocenters. The normalized spacial score (nSPS) is 20.7. The van der Waals surface area contributed by atoms with Crippen LogP contribution in [0.2, 0.25) is 0 Å². The third kappa shape index (κ3) is 6.53. The van der Waals surface area contributed by atoms with Gasteiger partial charge in [-0.25, -0.2) is 21.6 Å². The van der Waals surface area contributed by atoms with E-state index in [1.807, 2.05) is 0 Å². The van der Waals surface area contributed by atoms with Gasteiger partial charge >= 0.3 is 0 Å². The Bertz CT molecular complexity index is 1310. The molecular formula is C28H40N2O7S2. The lowest BCUT2D eigenvalue weighted by Gasteiger charge is -2.38. The summed E-state index contributed by atoms with van der Waals surface area (Å²) in [5.41, 5.74) is 0.700. The van der Waals surface area contributed by atoms with Gasteiger partial charge in [-0.3, -0.25) is 0 Å². The largest absolute Gasteiger partial charge is 0.493 e. The second kappa shape index (κ2) is 12.4. The molecule has 2 fully saturated rings. The fraction of sp³-hybridized carbons (Fsp3) is 0.571. The highest BCUT2D eigenvalue weighted by atomic mass is 32.2. The van der Waals surface area contributed by atoms with Crippen LogP contribution in [0, 0.1) is 5.92 Å². The zero-order valence-electron chi connectivity index (χ0n) is 23.2. The number of nitrogens with zero attached hydrogens (tertiary/aromatic N) is 1. The maximum Gasteiger partial charge on any atom is 0.243 e. The highest BCUT2D eigenvalue weighted by molar-refractivity contribution is 7.89. The third-order valence-corrected chi connectivity index (χ3v) is 11.3. The van der Waals surface area contributed by atoms with E-state index in [1.54, 1.807) is 16.4 Å². The molecule has 0 aromatic heterocycles. The van der Waals surface area contributed by atoms with Crippen LogP contribution in [0.4, 0.5) is 0 Å². The molecule has 39 heavy (non-hydrogen) atoms. The van der Waals surface area contributed by atoms with Crippen LogP contribution in [-0.4, -0.2) is 54.6 Å². The van der Waals surface area contributed by atoms with Crippen LogP contribution < -0.4 is 18.9 Å². The number of methoxy groups -OCH3 is 3. The van der Waals surface area contributed by atoms with Crippen LogP contribution in [0.5, 0.6) is 17.2 Å². The van der Waals surface area contributed by atoms with Gasteiger partial charge in [0, 0.05) is 18.6 Å². The van der Waals surface area contributed by atoms with Gasteiger partial charge in [0.2, 0.25) is 25.8 Å². The molecule has 2 aliphatic carbocycles. The summed E-state index contributed by atoms with van der Waals surface area (Å²) in [6.07, 6.45) is 7.36. The predicted octanol–water partition coefficient (Wildman–Crippen LogP) is 4.70. The molecule has 2 aromatic rings. The Labute approximate surface area is 232 Å². The van der Waals surface area contributed by atoms with Gasteiger partial charge in [0.05, 0.1) is 31.1 Å². The average molecular weight is 581 g/mol. The van der Waals surface area contributed by atoms with Gasteiger partial charge in [-0.15, -0.1) is 0 Å². The van der Waals surface area contributed by atoms with E-state index < -0.39 is 20.0 Å². The third-order valence-electron chi connectivity index (χ3n) is 7.92. The number of ether oxygens (including phenoxy) is 3. The molecule has 216 valence electrons. The lowest BCUT2D eigenvalue weighted by molar-refractivity contribution is 0.185.